The Morgan fingerprint density at radius 1 is 0.833 bits per heavy atom. The molecule has 0 aromatic heterocycles. The first-order valence-corrected chi connectivity index (χ1v) is 7.20. The normalized spacial score (nSPS) is 9.88. The van der Waals surface area contributed by atoms with E-state index in [1.807, 2.05) is 18.2 Å². The van der Waals surface area contributed by atoms with Crippen LogP contribution in [0.2, 0.25) is 0 Å². The quantitative estimate of drug-likeness (QED) is 0.714. The van der Waals surface area contributed by atoms with Gasteiger partial charge < -0.3 is 5.32 Å². The van der Waals surface area contributed by atoms with E-state index < -0.39 is 17.6 Å². The molecule has 6 nitrogen and oxygen atoms in total. The summed E-state index contributed by atoms with van der Waals surface area (Å²) < 4.78 is 13.4. The minimum absolute atomic E-state index is 0.149. The molecular weight excluding hydrogens is 313 g/mol. The van der Waals surface area contributed by atoms with Gasteiger partial charge in [-0.15, -0.1) is 0 Å². The van der Waals surface area contributed by atoms with E-state index in [2.05, 4.69) is 16.2 Å². The predicted octanol–water partition coefficient (Wildman–Crippen LogP) is 0.946. The fourth-order valence-electron chi connectivity index (χ4n) is 1.91. The molecule has 7 heteroatoms. The lowest BCUT2D eigenvalue weighted by atomic mass is 10.1. The van der Waals surface area contributed by atoms with E-state index >= 15 is 0 Å². The Labute approximate surface area is 138 Å². The zero-order valence-corrected chi connectivity index (χ0v) is 12.7. The van der Waals surface area contributed by atoms with Crippen molar-refractivity contribution < 1.29 is 18.8 Å². The fourth-order valence-corrected chi connectivity index (χ4v) is 1.91. The average Bonchev–Trinajstić information content (AvgIpc) is 2.59. The van der Waals surface area contributed by atoms with Crippen LogP contribution in [0.3, 0.4) is 0 Å². The predicted molar refractivity (Wildman–Crippen MR) is 85.2 cm³/mol. The standard InChI is InChI=1S/C17H16FN3O3/c18-14-9-5-4-8-13(14)17(24)21-20-16(23)11-19-15(22)10-12-6-2-1-3-7-12/h1-9H,10-11H2,(H,19,22)(H,20,23)(H,21,24). The van der Waals surface area contributed by atoms with Crippen LogP contribution in [-0.4, -0.2) is 24.3 Å². The van der Waals surface area contributed by atoms with Crippen molar-refractivity contribution in [1.29, 1.82) is 0 Å². The summed E-state index contributed by atoms with van der Waals surface area (Å²) in [5.41, 5.74) is 4.82. The van der Waals surface area contributed by atoms with Crippen LogP contribution in [-0.2, 0) is 16.0 Å². The maximum atomic E-state index is 13.4. The molecular formula is C17H16FN3O3. The second-order valence-electron chi connectivity index (χ2n) is 4.92. The van der Waals surface area contributed by atoms with Crippen molar-refractivity contribution in [1.82, 2.24) is 16.2 Å². The summed E-state index contributed by atoms with van der Waals surface area (Å²) in [7, 11) is 0. The van der Waals surface area contributed by atoms with Gasteiger partial charge in [0.1, 0.15) is 5.82 Å². The molecule has 0 saturated heterocycles. The molecule has 0 aliphatic carbocycles. The van der Waals surface area contributed by atoms with Crippen LogP contribution in [0.1, 0.15) is 15.9 Å². The molecule has 0 fully saturated rings. The second-order valence-corrected chi connectivity index (χ2v) is 4.92. The van der Waals surface area contributed by atoms with E-state index in [4.69, 9.17) is 0 Å². The molecule has 0 unspecified atom stereocenters. The molecule has 0 heterocycles. The molecule has 2 aromatic carbocycles. The first-order valence-electron chi connectivity index (χ1n) is 7.20. The molecule has 0 bridgehead atoms. The number of carbonyl (C=O) groups excluding carboxylic acids is 3. The smallest absolute Gasteiger partial charge is 0.272 e. The number of benzene rings is 2. The van der Waals surface area contributed by atoms with Crippen molar-refractivity contribution in [2.75, 3.05) is 6.54 Å². The van der Waals surface area contributed by atoms with Crippen LogP contribution in [0.5, 0.6) is 0 Å². The largest absolute Gasteiger partial charge is 0.347 e. The highest BCUT2D eigenvalue weighted by molar-refractivity contribution is 5.96. The minimum atomic E-state index is -0.780. The average molecular weight is 329 g/mol. The molecule has 0 saturated carbocycles. The van der Waals surface area contributed by atoms with Gasteiger partial charge >= 0.3 is 0 Å². The van der Waals surface area contributed by atoms with Gasteiger partial charge in [0, 0.05) is 0 Å². The number of hydrazine groups is 1. The highest BCUT2D eigenvalue weighted by Gasteiger charge is 2.12. The van der Waals surface area contributed by atoms with Gasteiger partial charge in [0.05, 0.1) is 18.5 Å². The molecule has 0 atom stereocenters. The number of hydrogen-bond donors (Lipinski definition) is 3. The van der Waals surface area contributed by atoms with Crippen molar-refractivity contribution in [2.45, 2.75) is 6.42 Å². The van der Waals surface area contributed by atoms with Gasteiger partial charge in [-0.1, -0.05) is 42.5 Å². The SMILES string of the molecule is O=C(Cc1ccccc1)NCC(=O)NNC(=O)c1ccccc1F. The Morgan fingerprint density at radius 3 is 2.21 bits per heavy atom. The molecule has 124 valence electrons. The number of nitrogens with one attached hydrogen (secondary N) is 3. The fraction of sp³-hybridized carbons (Fsp3) is 0.118. The van der Waals surface area contributed by atoms with E-state index in [9.17, 15) is 18.8 Å². The highest BCUT2D eigenvalue weighted by atomic mass is 19.1. The molecule has 2 rings (SSSR count). The Bertz CT molecular complexity index is 735. The minimum Gasteiger partial charge on any atom is -0.347 e. The molecule has 24 heavy (non-hydrogen) atoms. The Morgan fingerprint density at radius 2 is 1.50 bits per heavy atom. The summed E-state index contributed by atoms with van der Waals surface area (Å²) in [5.74, 6) is -2.42. The third kappa shape index (κ3) is 5.20. The lowest BCUT2D eigenvalue weighted by molar-refractivity contribution is -0.126. The zero-order chi connectivity index (χ0) is 17.4. The molecule has 0 aliphatic heterocycles. The van der Waals surface area contributed by atoms with Gasteiger partial charge in [0.15, 0.2) is 0 Å². The van der Waals surface area contributed by atoms with E-state index in [-0.39, 0.29) is 24.4 Å². The highest BCUT2D eigenvalue weighted by Crippen LogP contribution is 2.05. The summed E-state index contributed by atoms with van der Waals surface area (Å²) in [5, 5.41) is 2.43. The van der Waals surface area contributed by atoms with Crippen molar-refractivity contribution in [3.05, 3.63) is 71.5 Å². The lowest BCUT2D eigenvalue weighted by Crippen LogP contribution is -2.46. The third-order valence-electron chi connectivity index (χ3n) is 3.09. The Hall–Kier alpha value is -3.22. The molecule has 0 spiro atoms. The topological polar surface area (TPSA) is 87.3 Å². The van der Waals surface area contributed by atoms with Crippen LogP contribution in [0.15, 0.2) is 54.6 Å². The van der Waals surface area contributed by atoms with Gasteiger partial charge in [0.25, 0.3) is 11.8 Å². The van der Waals surface area contributed by atoms with Crippen LogP contribution in [0, 0.1) is 5.82 Å². The Kier molecular flexibility index (Phi) is 6.01. The summed E-state index contributed by atoms with van der Waals surface area (Å²) in [6.07, 6.45) is 0.149. The number of rotatable bonds is 5. The summed E-state index contributed by atoms with van der Waals surface area (Å²) in [4.78, 5) is 35.0. The van der Waals surface area contributed by atoms with Crippen molar-refractivity contribution in [2.24, 2.45) is 0 Å². The monoisotopic (exact) mass is 329 g/mol. The summed E-state index contributed by atoms with van der Waals surface area (Å²) in [6, 6.07) is 14.5. The first kappa shape index (κ1) is 17.1. The summed E-state index contributed by atoms with van der Waals surface area (Å²) in [6.45, 7) is -0.302. The van der Waals surface area contributed by atoms with E-state index in [1.54, 1.807) is 12.1 Å². The number of carbonyl (C=O) groups is 3. The van der Waals surface area contributed by atoms with E-state index in [0.717, 1.165) is 11.6 Å². The van der Waals surface area contributed by atoms with E-state index in [0.29, 0.717) is 0 Å². The number of halogens is 1. The van der Waals surface area contributed by atoms with Gasteiger partial charge in [0.2, 0.25) is 5.91 Å². The van der Waals surface area contributed by atoms with Crippen LogP contribution < -0.4 is 16.2 Å². The van der Waals surface area contributed by atoms with Crippen molar-refractivity contribution in [3.8, 4) is 0 Å². The molecule has 0 radical (unpaired) electrons. The Balaban J connectivity index is 1.72. The molecule has 2 aromatic rings. The number of hydrogen-bond acceptors (Lipinski definition) is 3. The van der Waals surface area contributed by atoms with Gasteiger partial charge in [-0.3, -0.25) is 25.2 Å². The van der Waals surface area contributed by atoms with Crippen molar-refractivity contribution >= 4 is 17.7 Å². The zero-order valence-electron chi connectivity index (χ0n) is 12.7. The van der Waals surface area contributed by atoms with Crippen molar-refractivity contribution in [3.63, 3.8) is 0 Å². The van der Waals surface area contributed by atoms with E-state index in [1.165, 1.54) is 18.2 Å². The molecule has 3 N–H and O–H groups in total. The second kappa shape index (κ2) is 8.42. The lowest BCUT2D eigenvalue weighted by Gasteiger charge is -2.09. The molecule has 3 amide bonds. The maximum Gasteiger partial charge on any atom is 0.272 e. The van der Waals surface area contributed by atoms with Crippen LogP contribution in [0.25, 0.3) is 0 Å². The van der Waals surface area contributed by atoms with Gasteiger partial charge in [-0.05, 0) is 17.7 Å². The van der Waals surface area contributed by atoms with Gasteiger partial charge in [-0.25, -0.2) is 4.39 Å². The number of amides is 3. The maximum absolute atomic E-state index is 13.4. The molecule has 0 aliphatic rings. The van der Waals surface area contributed by atoms with Gasteiger partial charge in [-0.2, -0.15) is 0 Å². The summed E-state index contributed by atoms with van der Waals surface area (Å²) >= 11 is 0. The van der Waals surface area contributed by atoms with Crippen LogP contribution >= 0.6 is 0 Å². The van der Waals surface area contributed by atoms with Crippen LogP contribution in [0.4, 0.5) is 4.39 Å². The first-order chi connectivity index (χ1) is 11.6. The third-order valence-corrected chi connectivity index (χ3v) is 3.09.